The molecule has 1 atom stereocenters. The summed E-state index contributed by atoms with van der Waals surface area (Å²) in [6.07, 6.45) is 0. The average molecular weight is 373 g/mol. The molecule has 0 fully saturated rings. The van der Waals surface area contributed by atoms with Gasteiger partial charge in [0.1, 0.15) is 6.04 Å². The Morgan fingerprint density at radius 2 is 1.77 bits per heavy atom. The molecule has 2 aromatic carbocycles. The van der Waals surface area contributed by atoms with Crippen LogP contribution in [0.5, 0.6) is 0 Å². The van der Waals surface area contributed by atoms with E-state index in [1.165, 1.54) is 0 Å². The van der Waals surface area contributed by atoms with Crippen molar-refractivity contribution in [1.82, 2.24) is 10.2 Å². The first-order valence-electron chi connectivity index (χ1n) is 8.65. The number of carbonyl (C=O) groups excluding carboxylic acids is 2. The van der Waals surface area contributed by atoms with E-state index in [9.17, 15) is 9.59 Å². The van der Waals surface area contributed by atoms with Gasteiger partial charge in [-0.3, -0.25) is 9.59 Å². The number of carbonyl (C=O) groups is 2. The first-order chi connectivity index (χ1) is 12.3. The summed E-state index contributed by atoms with van der Waals surface area (Å²) in [6.45, 7) is 6.24. The van der Waals surface area contributed by atoms with Crippen molar-refractivity contribution in [2.24, 2.45) is 5.92 Å². The number of nitrogens with zero attached hydrogens (tertiary/aromatic N) is 1. The van der Waals surface area contributed by atoms with E-state index in [1.54, 1.807) is 30.1 Å². The van der Waals surface area contributed by atoms with Gasteiger partial charge in [-0.05, 0) is 42.7 Å². The third-order valence-electron chi connectivity index (χ3n) is 4.22. The van der Waals surface area contributed by atoms with Crippen LogP contribution in [0.2, 0.25) is 5.02 Å². The first kappa shape index (κ1) is 20.0. The number of hydrogen-bond donors (Lipinski definition) is 1. The lowest BCUT2D eigenvalue weighted by atomic mass is 10.0. The number of hydrogen-bond acceptors (Lipinski definition) is 2. The van der Waals surface area contributed by atoms with Crippen LogP contribution < -0.4 is 5.32 Å². The molecule has 0 aliphatic heterocycles. The Kier molecular flexibility index (Phi) is 6.81. The minimum Gasteiger partial charge on any atom is -0.340 e. The standard InChI is InChI=1S/C21H25ClN2O2/c1-14(2)19(23-20(25)17-10-8-15(3)9-11-17)21(26)24(4)13-16-6-5-7-18(22)12-16/h5-12,14,19H,13H2,1-4H3,(H,23,25)/t19-/m0/s1. The maximum absolute atomic E-state index is 12.9. The van der Waals surface area contributed by atoms with Crippen molar-refractivity contribution in [1.29, 1.82) is 0 Å². The zero-order valence-electron chi connectivity index (χ0n) is 15.6. The monoisotopic (exact) mass is 372 g/mol. The molecule has 0 radical (unpaired) electrons. The van der Waals surface area contributed by atoms with Crippen molar-refractivity contribution in [2.45, 2.75) is 33.4 Å². The zero-order chi connectivity index (χ0) is 19.3. The molecule has 0 aliphatic rings. The van der Waals surface area contributed by atoms with Crippen LogP contribution in [-0.4, -0.2) is 29.8 Å². The highest BCUT2D eigenvalue weighted by Gasteiger charge is 2.27. The Morgan fingerprint density at radius 3 is 2.35 bits per heavy atom. The Bertz CT molecular complexity index is 772. The van der Waals surface area contributed by atoms with Crippen LogP contribution in [0.1, 0.15) is 35.3 Å². The van der Waals surface area contributed by atoms with Crippen LogP contribution in [0, 0.1) is 12.8 Å². The summed E-state index contributed by atoms with van der Waals surface area (Å²) < 4.78 is 0. The Labute approximate surface area is 160 Å². The summed E-state index contributed by atoms with van der Waals surface area (Å²) in [5.74, 6) is -0.396. The number of likely N-dealkylation sites (N-methyl/N-ethyl adjacent to an activating group) is 1. The molecule has 0 aromatic heterocycles. The molecule has 0 aliphatic carbocycles. The molecule has 0 heterocycles. The van der Waals surface area contributed by atoms with Crippen molar-refractivity contribution in [3.63, 3.8) is 0 Å². The number of nitrogens with one attached hydrogen (secondary N) is 1. The van der Waals surface area contributed by atoms with Crippen molar-refractivity contribution < 1.29 is 9.59 Å². The maximum Gasteiger partial charge on any atom is 0.251 e. The van der Waals surface area contributed by atoms with E-state index in [1.807, 2.05) is 51.1 Å². The van der Waals surface area contributed by atoms with Gasteiger partial charge in [0.2, 0.25) is 5.91 Å². The van der Waals surface area contributed by atoms with Crippen molar-refractivity contribution in [3.05, 3.63) is 70.2 Å². The fourth-order valence-electron chi connectivity index (χ4n) is 2.67. The molecule has 5 heteroatoms. The van der Waals surface area contributed by atoms with Gasteiger partial charge in [0, 0.05) is 24.2 Å². The lowest BCUT2D eigenvalue weighted by Gasteiger charge is -2.27. The van der Waals surface area contributed by atoms with E-state index in [4.69, 9.17) is 11.6 Å². The van der Waals surface area contributed by atoms with Crippen molar-refractivity contribution in [3.8, 4) is 0 Å². The van der Waals surface area contributed by atoms with Gasteiger partial charge >= 0.3 is 0 Å². The lowest BCUT2D eigenvalue weighted by Crippen LogP contribution is -2.50. The normalized spacial score (nSPS) is 11.9. The zero-order valence-corrected chi connectivity index (χ0v) is 16.4. The Morgan fingerprint density at radius 1 is 1.12 bits per heavy atom. The molecule has 0 saturated heterocycles. The van der Waals surface area contributed by atoms with Gasteiger partial charge in [-0.1, -0.05) is 55.3 Å². The van der Waals surface area contributed by atoms with E-state index in [0.717, 1.165) is 11.1 Å². The van der Waals surface area contributed by atoms with E-state index >= 15 is 0 Å². The van der Waals surface area contributed by atoms with Crippen LogP contribution in [0.3, 0.4) is 0 Å². The molecule has 26 heavy (non-hydrogen) atoms. The van der Waals surface area contributed by atoms with Crippen LogP contribution in [0.25, 0.3) is 0 Å². The second kappa shape index (κ2) is 8.86. The number of aryl methyl sites for hydroxylation is 1. The molecule has 0 bridgehead atoms. The summed E-state index contributed by atoms with van der Waals surface area (Å²) in [6, 6.07) is 14.1. The highest BCUT2D eigenvalue weighted by molar-refractivity contribution is 6.30. The van der Waals surface area contributed by atoms with Crippen molar-refractivity contribution >= 4 is 23.4 Å². The summed E-state index contributed by atoms with van der Waals surface area (Å²) in [4.78, 5) is 27.0. The lowest BCUT2D eigenvalue weighted by molar-refractivity contribution is -0.133. The third-order valence-corrected chi connectivity index (χ3v) is 4.45. The van der Waals surface area contributed by atoms with Gasteiger partial charge < -0.3 is 10.2 Å². The quantitative estimate of drug-likeness (QED) is 0.831. The van der Waals surface area contributed by atoms with E-state index in [-0.39, 0.29) is 17.7 Å². The average Bonchev–Trinajstić information content (AvgIpc) is 2.59. The third kappa shape index (κ3) is 5.33. The number of halogens is 1. The van der Waals surface area contributed by atoms with Gasteiger partial charge in [-0.15, -0.1) is 0 Å². The maximum atomic E-state index is 12.9. The van der Waals surface area contributed by atoms with Crippen molar-refractivity contribution in [2.75, 3.05) is 7.05 Å². The predicted molar refractivity (Wildman–Crippen MR) is 105 cm³/mol. The van der Waals surface area contributed by atoms with Gasteiger partial charge in [0.25, 0.3) is 5.91 Å². The van der Waals surface area contributed by atoms with Crippen LogP contribution in [0.15, 0.2) is 48.5 Å². The molecule has 0 spiro atoms. The molecule has 138 valence electrons. The van der Waals surface area contributed by atoms with Crippen LogP contribution in [-0.2, 0) is 11.3 Å². The summed E-state index contributed by atoms with van der Waals surface area (Å²) in [7, 11) is 1.73. The number of amides is 2. The second-order valence-corrected chi connectivity index (χ2v) is 7.32. The molecule has 2 amide bonds. The fraction of sp³-hybridized carbons (Fsp3) is 0.333. The van der Waals surface area contributed by atoms with Gasteiger partial charge in [0.05, 0.1) is 0 Å². The van der Waals surface area contributed by atoms with Gasteiger partial charge in [-0.2, -0.15) is 0 Å². The molecular weight excluding hydrogens is 348 g/mol. The Balaban J connectivity index is 2.08. The van der Waals surface area contributed by atoms with Gasteiger partial charge in [0.15, 0.2) is 0 Å². The minimum absolute atomic E-state index is 0.0290. The Hall–Kier alpha value is -2.33. The molecule has 2 rings (SSSR count). The summed E-state index contributed by atoms with van der Waals surface area (Å²) >= 11 is 6.01. The summed E-state index contributed by atoms with van der Waals surface area (Å²) in [5.41, 5.74) is 2.58. The van der Waals surface area contributed by atoms with Crippen LogP contribution >= 0.6 is 11.6 Å². The second-order valence-electron chi connectivity index (χ2n) is 6.89. The smallest absolute Gasteiger partial charge is 0.251 e. The topological polar surface area (TPSA) is 49.4 Å². The number of benzene rings is 2. The fourth-order valence-corrected chi connectivity index (χ4v) is 2.88. The molecule has 0 unspecified atom stereocenters. The predicted octanol–water partition coefficient (Wildman–Crippen LogP) is 4.06. The van der Waals surface area contributed by atoms with E-state index in [0.29, 0.717) is 17.1 Å². The molecule has 1 N–H and O–H groups in total. The molecular formula is C21H25ClN2O2. The first-order valence-corrected chi connectivity index (χ1v) is 9.02. The van der Waals surface area contributed by atoms with Gasteiger partial charge in [-0.25, -0.2) is 0 Å². The molecule has 2 aromatic rings. The highest BCUT2D eigenvalue weighted by atomic mass is 35.5. The van der Waals surface area contributed by atoms with E-state index in [2.05, 4.69) is 5.32 Å². The van der Waals surface area contributed by atoms with Crippen LogP contribution in [0.4, 0.5) is 0 Å². The molecule has 4 nitrogen and oxygen atoms in total. The largest absolute Gasteiger partial charge is 0.340 e. The minimum atomic E-state index is -0.590. The summed E-state index contributed by atoms with van der Waals surface area (Å²) in [5, 5.41) is 3.51. The van der Waals surface area contributed by atoms with E-state index < -0.39 is 6.04 Å². The SMILES string of the molecule is Cc1ccc(C(=O)N[C@H](C(=O)N(C)Cc2cccc(Cl)c2)C(C)C)cc1. The molecule has 0 saturated carbocycles. The number of rotatable bonds is 6. The highest BCUT2D eigenvalue weighted by Crippen LogP contribution is 2.14.